The van der Waals surface area contributed by atoms with Gasteiger partial charge in [0.15, 0.2) is 0 Å². The standard InChI is InChI=1S/C17H24N2/c1-18-16(14-9-12-8-13(12)10-14)15-6-2-4-11-5-3-7-19-17(11)15/h3,5,7,12-16,18H,2,4,6,8-10H2,1H3. The topological polar surface area (TPSA) is 24.9 Å². The van der Waals surface area contributed by atoms with Crippen LogP contribution < -0.4 is 5.32 Å². The summed E-state index contributed by atoms with van der Waals surface area (Å²) in [5, 5.41) is 3.66. The van der Waals surface area contributed by atoms with Gasteiger partial charge in [-0.2, -0.15) is 0 Å². The zero-order chi connectivity index (χ0) is 12.8. The van der Waals surface area contributed by atoms with Crippen LogP contribution in [0.5, 0.6) is 0 Å². The minimum atomic E-state index is 0.650. The van der Waals surface area contributed by atoms with Crippen molar-refractivity contribution in [3.8, 4) is 0 Å². The lowest BCUT2D eigenvalue weighted by Gasteiger charge is -2.35. The number of pyridine rings is 1. The van der Waals surface area contributed by atoms with Crippen LogP contribution >= 0.6 is 0 Å². The van der Waals surface area contributed by atoms with E-state index in [0.717, 1.165) is 17.8 Å². The van der Waals surface area contributed by atoms with Gasteiger partial charge in [0.1, 0.15) is 0 Å². The van der Waals surface area contributed by atoms with E-state index in [9.17, 15) is 0 Å². The van der Waals surface area contributed by atoms with E-state index in [1.165, 1.54) is 49.8 Å². The molecule has 0 amide bonds. The lowest BCUT2D eigenvalue weighted by molar-refractivity contribution is 0.283. The molecule has 0 aromatic carbocycles. The first-order chi connectivity index (χ1) is 9.36. The fourth-order valence-electron chi connectivity index (χ4n) is 4.82. The van der Waals surface area contributed by atoms with Crippen molar-refractivity contribution in [2.45, 2.75) is 50.5 Å². The van der Waals surface area contributed by atoms with Gasteiger partial charge in [-0.3, -0.25) is 4.98 Å². The summed E-state index contributed by atoms with van der Waals surface area (Å²) in [6.07, 6.45) is 10.3. The molecule has 2 saturated carbocycles. The Kier molecular flexibility index (Phi) is 2.87. The van der Waals surface area contributed by atoms with Crippen LogP contribution in [0.1, 0.15) is 49.3 Å². The molecule has 1 N–H and O–H groups in total. The van der Waals surface area contributed by atoms with Crippen molar-refractivity contribution in [3.63, 3.8) is 0 Å². The molecular weight excluding hydrogens is 232 g/mol. The summed E-state index contributed by atoms with van der Waals surface area (Å²) >= 11 is 0. The molecule has 102 valence electrons. The van der Waals surface area contributed by atoms with Gasteiger partial charge in [0, 0.05) is 23.9 Å². The Morgan fingerprint density at radius 3 is 2.89 bits per heavy atom. The van der Waals surface area contributed by atoms with Crippen molar-refractivity contribution in [2.24, 2.45) is 17.8 Å². The first-order valence-corrected chi connectivity index (χ1v) is 7.98. The fourth-order valence-corrected chi connectivity index (χ4v) is 4.82. The van der Waals surface area contributed by atoms with Gasteiger partial charge in [-0.05, 0) is 75.0 Å². The van der Waals surface area contributed by atoms with Crippen molar-refractivity contribution in [2.75, 3.05) is 7.05 Å². The highest BCUT2D eigenvalue weighted by Gasteiger charge is 2.49. The molecule has 4 atom stereocenters. The summed E-state index contributed by atoms with van der Waals surface area (Å²) in [5.74, 6) is 3.70. The van der Waals surface area contributed by atoms with Gasteiger partial charge in [0.2, 0.25) is 0 Å². The van der Waals surface area contributed by atoms with E-state index in [-0.39, 0.29) is 0 Å². The second kappa shape index (κ2) is 4.59. The van der Waals surface area contributed by atoms with Crippen molar-refractivity contribution in [1.82, 2.24) is 10.3 Å². The van der Waals surface area contributed by atoms with Crippen LogP contribution in [0.2, 0.25) is 0 Å². The third-order valence-electron chi connectivity index (χ3n) is 5.79. The number of likely N-dealkylation sites (N-methyl/N-ethyl adjacent to an activating group) is 1. The van der Waals surface area contributed by atoms with Crippen LogP contribution in [0.25, 0.3) is 0 Å². The third kappa shape index (κ3) is 2.01. The maximum atomic E-state index is 4.73. The summed E-state index contributed by atoms with van der Waals surface area (Å²) in [4.78, 5) is 4.73. The van der Waals surface area contributed by atoms with Crippen molar-refractivity contribution < 1.29 is 0 Å². The fraction of sp³-hybridized carbons (Fsp3) is 0.706. The number of fused-ring (bicyclic) bond motifs is 2. The Balaban J connectivity index is 1.60. The molecule has 0 radical (unpaired) electrons. The zero-order valence-corrected chi connectivity index (χ0v) is 11.8. The van der Waals surface area contributed by atoms with Gasteiger partial charge in [0.05, 0.1) is 0 Å². The molecule has 0 spiro atoms. The molecule has 4 unspecified atom stereocenters. The van der Waals surface area contributed by atoms with Crippen LogP contribution in [0.4, 0.5) is 0 Å². The molecule has 1 aromatic heterocycles. The minimum absolute atomic E-state index is 0.650. The molecule has 4 rings (SSSR count). The molecule has 2 fully saturated rings. The molecule has 19 heavy (non-hydrogen) atoms. The lowest BCUT2D eigenvalue weighted by atomic mass is 9.76. The summed E-state index contributed by atoms with van der Waals surface area (Å²) < 4.78 is 0. The van der Waals surface area contributed by atoms with E-state index >= 15 is 0 Å². The van der Waals surface area contributed by atoms with Crippen molar-refractivity contribution in [3.05, 3.63) is 29.6 Å². The molecule has 0 saturated heterocycles. The summed E-state index contributed by atoms with van der Waals surface area (Å²) in [6, 6.07) is 5.04. The Morgan fingerprint density at radius 2 is 2.11 bits per heavy atom. The number of aromatic nitrogens is 1. The van der Waals surface area contributed by atoms with Crippen LogP contribution in [0.15, 0.2) is 18.3 Å². The maximum absolute atomic E-state index is 4.73. The number of nitrogens with zero attached hydrogens (tertiary/aromatic N) is 1. The van der Waals surface area contributed by atoms with Crippen LogP contribution in [-0.4, -0.2) is 18.1 Å². The Bertz CT molecular complexity index is 460. The maximum Gasteiger partial charge on any atom is 0.0482 e. The SMILES string of the molecule is CNC(C1CC2CC2C1)C1CCCc2cccnc21. The van der Waals surface area contributed by atoms with E-state index in [1.807, 2.05) is 6.20 Å². The molecule has 3 aliphatic carbocycles. The molecule has 0 bridgehead atoms. The summed E-state index contributed by atoms with van der Waals surface area (Å²) in [5.41, 5.74) is 2.90. The van der Waals surface area contributed by atoms with Crippen LogP contribution in [0, 0.1) is 17.8 Å². The van der Waals surface area contributed by atoms with E-state index in [4.69, 9.17) is 4.98 Å². The van der Waals surface area contributed by atoms with Crippen LogP contribution in [-0.2, 0) is 6.42 Å². The zero-order valence-electron chi connectivity index (χ0n) is 11.8. The normalized spacial score (nSPS) is 37.5. The first-order valence-electron chi connectivity index (χ1n) is 7.98. The van der Waals surface area contributed by atoms with E-state index in [1.54, 1.807) is 0 Å². The number of aryl methyl sites for hydroxylation is 1. The van der Waals surface area contributed by atoms with E-state index in [0.29, 0.717) is 12.0 Å². The van der Waals surface area contributed by atoms with Gasteiger partial charge in [-0.15, -0.1) is 0 Å². The minimum Gasteiger partial charge on any atom is -0.316 e. The highest BCUT2D eigenvalue weighted by Crippen LogP contribution is 2.56. The number of hydrogen-bond donors (Lipinski definition) is 1. The molecule has 1 aromatic rings. The first kappa shape index (κ1) is 11.9. The van der Waals surface area contributed by atoms with Gasteiger partial charge in [0.25, 0.3) is 0 Å². The second-order valence-electron chi connectivity index (χ2n) is 6.85. The van der Waals surface area contributed by atoms with Gasteiger partial charge >= 0.3 is 0 Å². The molecule has 0 aliphatic heterocycles. The summed E-state index contributed by atoms with van der Waals surface area (Å²) in [6.45, 7) is 0. The number of hydrogen-bond acceptors (Lipinski definition) is 2. The predicted molar refractivity (Wildman–Crippen MR) is 77.1 cm³/mol. The molecular formula is C17H24N2. The Morgan fingerprint density at radius 1 is 1.26 bits per heavy atom. The van der Waals surface area contributed by atoms with Gasteiger partial charge in [-0.1, -0.05) is 6.07 Å². The summed E-state index contributed by atoms with van der Waals surface area (Å²) in [7, 11) is 2.16. The molecule has 3 aliphatic rings. The Hall–Kier alpha value is -0.890. The smallest absolute Gasteiger partial charge is 0.0482 e. The second-order valence-corrected chi connectivity index (χ2v) is 6.85. The third-order valence-corrected chi connectivity index (χ3v) is 5.79. The van der Waals surface area contributed by atoms with Crippen molar-refractivity contribution >= 4 is 0 Å². The van der Waals surface area contributed by atoms with Gasteiger partial charge in [-0.25, -0.2) is 0 Å². The Labute approximate surface area is 116 Å². The quantitative estimate of drug-likeness (QED) is 0.898. The van der Waals surface area contributed by atoms with E-state index in [2.05, 4.69) is 24.5 Å². The molecule has 2 heteroatoms. The molecule has 1 heterocycles. The van der Waals surface area contributed by atoms with E-state index < -0.39 is 0 Å². The van der Waals surface area contributed by atoms with Crippen LogP contribution in [0.3, 0.4) is 0 Å². The average Bonchev–Trinajstić information content (AvgIpc) is 3.07. The molecule has 2 nitrogen and oxygen atoms in total. The highest BCUT2D eigenvalue weighted by molar-refractivity contribution is 5.28. The van der Waals surface area contributed by atoms with Gasteiger partial charge < -0.3 is 5.32 Å². The monoisotopic (exact) mass is 256 g/mol. The lowest BCUT2D eigenvalue weighted by Crippen LogP contribution is -2.40. The van der Waals surface area contributed by atoms with Crippen molar-refractivity contribution in [1.29, 1.82) is 0 Å². The average molecular weight is 256 g/mol. The highest BCUT2D eigenvalue weighted by atomic mass is 14.9. The largest absolute Gasteiger partial charge is 0.316 e. The number of rotatable bonds is 3. The predicted octanol–water partition coefficient (Wildman–Crippen LogP) is 3.14. The number of nitrogens with one attached hydrogen (secondary N) is 1.